The summed E-state index contributed by atoms with van der Waals surface area (Å²) in [6, 6.07) is 16.1. The predicted molar refractivity (Wildman–Crippen MR) is 119 cm³/mol. The highest BCUT2D eigenvalue weighted by Crippen LogP contribution is 2.25. The van der Waals surface area contributed by atoms with Crippen LogP contribution in [0.3, 0.4) is 0 Å². The number of carbonyl (C=O) groups excluding carboxylic acids is 2. The van der Waals surface area contributed by atoms with E-state index in [9.17, 15) is 9.59 Å². The number of nitrogens with zero attached hydrogens (tertiary/aromatic N) is 2. The van der Waals surface area contributed by atoms with Gasteiger partial charge in [0.25, 0.3) is 11.7 Å². The van der Waals surface area contributed by atoms with Gasteiger partial charge in [-0.1, -0.05) is 30.3 Å². The second-order valence-corrected chi connectivity index (χ2v) is 7.39. The first-order valence-corrected chi connectivity index (χ1v) is 10.1. The Hall–Kier alpha value is -3.08. The lowest BCUT2D eigenvalue weighted by Crippen LogP contribution is -2.34. The van der Waals surface area contributed by atoms with Gasteiger partial charge in [0.05, 0.1) is 5.56 Å². The SMILES string of the molecule is CCN(CCCNC(=O)C(=O)c1c(C)n(C)c2ccccc12)c1cccc(C)c1. The molecule has 1 N–H and O–H groups in total. The molecule has 3 aromatic rings. The van der Waals surface area contributed by atoms with Crippen LogP contribution in [0.4, 0.5) is 5.69 Å². The van der Waals surface area contributed by atoms with E-state index in [1.807, 2.05) is 42.8 Å². The molecule has 1 amide bonds. The number of rotatable bonds is 8. The predicted octanol–water partition coefficient (Wildman–Crippen LogP) is 4.01. The Morgan fingerprint density at radius 3 is 2.55 bits per heavy atom. The highest BCUT2D eigenvalue weighted by molar-refractivity contribution is 6.45. The number of Topliss-reactive ketones (excluding diaryl/α,β-unsaturated/α-hetero) is 1. The van der Waals surface area contributed by atoms with Crippen LogP contribution in [0, 0.1) is 13.8 Å². The number of fused-ring (bicyclic) bond motifs is 1. The van der Waals surface area contributed by atoms with Crippen molar-refractivity contribution in [2.75, 3.05) is 24.5 Å². The molecule has 0 fully saturated rings. The minimum atomic E-state index is -0.539. The smallest absolute Gasteiger partial charge is 0.292 e. The third-order valence-corrected chi connectivity index (χ3v) is 5.47. The summed E-state index contributed by atoms with van der Waals surface area (Å²) in [7, 11) is 1.91. The minimum Gasteiger partial charge on any atom is -0.372 e. The molecule has 0 spiro atoms. The van der Waals surface area contributed by atoms with Gasteiger partial charge >= 0.3 is 0 Å². The van der Waals surface area contributed by atoms with E-state index in [-0.39, 0.29) is 0 Å². The quantitative estimate of drug-likeness (QED) is 0.359. The fraction of sp³-hybridized carbons (Fsp3) is 0.333. The van der Waals surface area contributed by atoms with E-state index in [4.69, 9.17) is 0 Å². The summed E-state index contributed by atoms with van der Waals surface area (Å²) < 4.78 is 1.96. The van der Waals surface area contributed by atoms with Crippen molar-refractivity contribution in [3.8, 4) is 0 Å². The van der Waals surface area contributed by atoms with Crippen LogP contribution in [-0.4, -0.2) is 35.9 Å². The number of aromatic nitrogens is 1. The van der Waals surface area contributed by atoms with Crippen LogP contribution in [0.1, 0.15) is 35.0 Å². The van der Waals surface area contributed by atoms with E-state index in [2.05, 4.69) is 48.3 Å². The molecule has 0 radical (unpaired) electrons. The second kappa shape index (κ2) is 8.95. The summed E-state index contributed by atoms with van der Waals surface area (Å²) in [5.41, 5.74) is 4.67. The zero-order chi connectivity index (χ0) is 21.0. The summed E-state index contributed by atoms with van der Waals surface area (Å²) in [5, 5.41) is 3.62. The summed E-state index contributed by atoms with van der Waals surface area (Å²) in [5.74, 6) is -1.01. The van der Waals surface area contributed by atoms with Crippen molar-refractivity contribution in [3.05, 3.63) is 65.4 Å². The Bertz CT molecular complexity index is 1040. The van der Waals surface area contributed by atoms with Gasteiger partial charge in [0.2, 0.25) is 0 Å². The molecular weight excluding hydrogens is 362 g/mol. The molecule has 0 aliphatic carbocycles. The molecule has 0 saturated heterocycles. The van der Waals surface area contributed by atoms with Gasteiger partial charge in [-0.15, -0.1) is 0 Å². The Morgan fingerprint density at radius 2 is 1.83 bits per heavy atom. The van der Waals surface area contributed by atoms with Crippen molar-refractivity contribution in [1.29, 1.82) is 0 Å². The number of hydrogen-bond acceptors (Lipinski definition) is 3. The molecule has 0 atom stereocenters. The number of aryl methyl sites for hydroxylation is 2. The van der Waals surface area contributed by atoms with Crippen molar-refractivity contribution in [3.63, 3.8) is 0 Å². The van der Waals surface area contributed by atoms with Crippen LogP contribution >= 0.6 is 0 Å². The third-order valence-electron chi connectivity index (χ3n) is 5.47. The number of para-hydroxylation sites is 1. The van der Waals surface area contributed by atoms with Crippen LogP contribution in [0.25, 0.3) is 10.9 Å². The molecule has 0 bridgehead atoms. The monoisotopic (exact) mass is 391 g/mol. The summed E-state index contributed by atoms with van der Waals surface area (Å²) in [4.78, 5) is 27.6. The number of hydrogen-bond donors (Lipinski definition) is 1. The first-order chi connectivity index (χ1) is 13.9. The van der Waals surface area contributed by atoms with Gasteiger partial charge in [0.15, 0.2) is 0 Å². The third kappa shape index (κ3) is 4.34. The average molecular weight is 392 g/mol. The zero-order valence-corrected chi connectivity index (χ0v) is 17.7. The van der Waals surface area contributed by atoms with Crippen LogP contribution in [0.2, 0.25) is 0 Å². The van der Waals surface area contributed by atoms with Crippen LogP contribution in [-0.2, 0) is 11.8 Å². The van der Waals surface area contributed by atoms with Gasteiger partial charge in [-0.25, -0.2) is 0 Å². The average Bonchev–Trinajstić information content (AvgIpc) is 2.98. The molecule has 152 valence electrons. The number of anilines is 1. The maximum Gasteiger partial charge on any atom is 0.292 e. The molecule has 3 rings (SSSR count). The van der Waals surface area contributed by atoms with Gasteiger partial charge in [-0.3, -0.25) is 9.59 Å². The topological polar surface area (TPSA) is 54.3 Å². The standard InChI is InChI=1S/C24H29N3O2/c1-5-27(19-11-8-10-17(2)16-19)15-9-14-25-24(29)23(28)22-18(3)26(4)21-13-7-6-12-20(21)22/h6-8,10-13,16H,5,9,14-15H2,1-4H3,(H,25,29). The molecule has 5 nitrogen and oxygen atoms in total. The first kappa shape index (κ1) is 20.6. The van der Waals surface area contributed by atoms with Gasteiger partial charge < -0.3 is 14.8 Å². The van der Waals surface area contributed by atoms with Crippen molar-refractivity contribution >= 4 is 28.3 Å². The molecule has 0 aliphatic heterocycles. The minimum absolute atomic E-state index is 0.467. The molecule has 1 aromatic heterocycles. The summed E-state index contributed by atoms with van der Waals surface area (Å²) in [6.07, 6.45) is 0.773. The highest BCUT2D eigenvalue weighted by Gasteiger charge is 2.23. The summed E-state index contributed by atoms with van der Waals surface area (Å²) >= 11 is 0. The Balaban J connectivity index is 1.60. The molecule has 2 aromatic carbocycles. The molecule has 1 heterocycles. The Morgan fingerprint density at radius 1 is 1.07 bits per heavy atom. The molecule has 0 aliphatic rings. The lowest BCUT2D eigenvalue weighted by Gasteiger charge is -2.23. The lowest BCUT2D eigenvalue weighted by molar-refractivity contribution is -0.117. The molecular formula is C24H29N3O2. The Labute approximate surface area is 172 Å². The van der Waals surface area contributed by atoms with Gasteiger partial charge in [-0.05, 0) is 51.0 Å². The van der Waals surface area contributed by atoms with Crippen LogP contribution < -0.4 is 10.2 Å². The maximum atomic E-state index is 12.8. The van der Waals surface area contributed by atoms with Crippen molar-refractivity contribution in [2.45, 2.75) is 27.2 Å². The summed E-state index contributed by atoms with van der Waals surface area (Å²) in [6.45, 7) is 8.26. The van der Waals surface area contributed by atoms with Gasteiger partial charge in [0.1, 0.15) is 0 Å². The molecule has 5 heteroatoms. The lowest BCUT2D eigenvalue weighted by atomic mass is 10.1. The van der Waals surface area contributed by atoms with E-state index in [0.29, 0.717) is 12.1 Å². The Kier molecular flexibility index (Phi) is 6.37. The van der Waals surface area contributed by atoms with Crippen molar-refractivity contribution < 1.29 is 9.59 Å². The number of amides is 1. The number of carbonyl (C=O) groups is 2. The number of benzene rings is 2. The fourth-order valence-electron chi connectivity index (χ4n) is 3.77. The van der Waals surface area contributed by atoms with E-state index in [0.717, 1.165) is 36.1 Å². The largest absolute Gasteiger partial charge is 0.372 e. The van der Waals surface area contributed by atoms with E-state index in [1.165, 1.54) is 11.3 Å². The highest BCUT2D eigenvalue weighted by atomic mass is 16.2. The number of ketones is 1. The van der Waals surface area contributed by atoms with Crippen LogP contribution in [0.5, 0.6) is 0 Å². The van der Waals surface area contributed by atoms with E-state index < -0.39 is 11.7 Å². The molecule has 29 heavy (non-hydrogen) atoms. The normalized spacial score (nSPS) is 10.9. The fourth-order valence-corrected chi connectivity index (χ4v) is 3.77. The van der Waals surface area contributed by atoms with Crippen molar-refractivity contribution in [2.24, 2.45) is 7.05 Å². The molecule has 0 unspecified atom stereocenters. The second-order valence-electron chi connectivity index (χ2n) is 7.39. The van der Waals surface area contributed by atoms with Gasteiger partial charge in [-0.2, -0.15) is 0 Å². The van der Waals surface area contributed by atoms with E-state index in [1.54, 1.807) is 0 Å². The zero-order valence-electron chi connectivity index (χ0n) is 17.7. The van der Waals surface area contributed by atoms with E-state index >= 15 is 0 Å². The number of nitrogens with one attached hydrogen (secondary N) is 1. The van der Waals surface area contributed by atoms with Crippen molar-refractivity contribution in [1.82, 2.24) is 9.88 Å². The maximum absolute atomic E-state index is 12.8. The van der Waals surface area contributed by atoms with Crippen LogP contribution in [0.15, 0.2) is 48.5 Å². The molecule has 0 saturated carbocycles. The first-order valence-electron chi connectivity index (χ1n) is 10.1. The van der Waals surface area contributed by atoms with Gasteiger partial charge in [0, 0.05) is 49.0 Å².